The average molecular weight is 331 g/mol. The predicted octanol–water partition coefficient (Wildman–Crippen LogP) is 2.77. The van der Waals surface area contributed by atoms with E-state index < -0.39 is 6.43 Å². The molecule has 3 rings (SSSR count). The van der Waals surface area contributed by atoms with E-state index in [-0.39, 0.29) is 12.6 Å². The second kappa shape index (κ2) is 7.77. The van der Waals surface area contributed by atoms with Gasteiger partial charge in [-0.05, 0) is 32.4 Å². The Morgan fingerprint density at radius 3 is 2.82 bits per heavy atom. The highest BCUT2D eigenvalue weighted by Gasteiger charge is 2.22. The maximum absolute atomic E-state index is 12.5. The maximum Gasteiger partial charge on any atom is 0.251 e. The first-order valence-electron chi connectivity index (χ1n) is 8.00. The molecule has 0 saturated carbocycles. The first-order valence-corrected chi connectivity index (χ1v) is 8.81. The molecule has 1 atom stereocenters. The second-order valence-corrected chi connectivity index (χ2v) is 7.13. The summed E-state index contributed by atoms with van der Waals surface area (Å²) in [4.78, 5) is 9.96. The van der Waals surface area contributed by atoms with Crippen LogP contribution in [0.1, 0.15) is 35.3 Å². The molecule has 0 spiro atoms. The molecule has 0 aromatic carbocycles. The Hall–Kier alpha value is -0.630. The van der Waals surface area contributed by atoms with Crippen LogP contribution in [0.2, 0.25) is 0 Å². The molecule has 2 aliphatic rings. The summed E-state index contributed by atoms with van der Waals surface area (Å²) in [6.45, 7) is 4.91. The standard InChI is InChI=1S/C15H23F2N3OS/c16-14(17)11-20-5-2-4-19(6-7-20)10-12-9-18-15(22-12)13-3-1-8-21-13/h9,13-14H,1-8,10-11H2. The van der Waals surface area contributed by atoms with Crippen LogP contribution in [0.15, 0.2) is 6.20 Å². The Balaban J connectivity index is 1.50. The number of alkyl halides is 2. The second-order valence-electron chi connectivity index (χ2n) is 5.99. The fourth-order valence-electron chi connectivity index (χ4n) is 3.10. The Morgan fingerprint density at radius 2 is 2.05 bits per heavy atom. The van der Waals surface area contributed by atoms with Crippen LogP contribution in [0.5, 0.6) is 0 Å². The van der Waals surface area contributed by atoms with Crippen LogP contribution in [0.3, 0.4) is 0 Å². The lowest BCUT2D eigenvalue weighted by Gasteiger charge is -2.20. The zero-order valence-corrected chi connectivity index (χ0v) is 13.5. The molecule has 22 heavy (non-hydrogen) atoms. The van der Waals surface area contributed by atoms with Gasteiger partial charge in [-0.15, -0.1) is 11.3 Å². The first-order chi connectivity index (χ1) is 10.7. The van der Waals surface area contributed by atoms with E-state index in [2.05, 4.69) is 9.88 Å². The first kappa shape index (κ1) is 16.2. The Morgan fingerprint density at radius 1 is 1.23 bits per heavy atom. The van der Waals surface area contributed by atoms with Gasteiger partial charge in [-0.2, -0.15) is 0 Å². The molecule has 0 amide bonds. The van der Waals surface area contributed by atoms with Gasteiger partial charge in [0.2, 0.25) is 0 Å². The molecule has 7 heteroatoms. The monoisotopic (exact) mass is 331 g/mol. The Bertz CT molecular complexity index is 465. The molecule has 0 radical (unpaired) electrons. The smallest absolute Gasteiger partial charge is 0.251 e. The van der Waals surface area contributed by atoms with Crippen molar-refractivity contribution in [1.82, 2.24) is 14.8 Å². The van der Waals surface area contributed by atoms with E-state index in [4.69, 9.17) is 4.74 Å². The fourth-order valence-corrected chi connectivity index (χ4v) is 4.14. The van der Waals surface area contributed by atoms with Crippen molar-refractivity contribution in [2.45, 2.75) is 38.3 Å². The number of aromatic nitrogens is 1. The summed E-state index contributed by atoms with van der Waals surface area (Å²) >= 11 is 1.73. The highest BCUT2D eigenvalue weighted by Crippen LogP contribution is 2.31. The number of thiazole rings is 1. The molecule has 0 aliphatic carbocycles. The molecule has 1 aromatic heterocycles. The third-order valence-corrected chi connectivity index (χ3v) is 5.31. The normalized spacial score (nSPS) is 25.0. The SMILES string of the molecule is FC(F)CN1CCCN(Cc2cnc(C3CCCO3)s2)CC1. The molecule has 0 bridgehead atoms. The molecular formula is C15H23F2N3OS. The van der Waals surface area contributed by atoms with Crippen molar-refractivity contribution < 1.29 is 13.5 Å². The number of rotatable bonds is 5. The van der Waals surface area contributed by atoms with Gasteiger partial charge >= 0.3 is 0 Å². The van der Waals surface area contributed by atoms with Crippen LogP contribution in [-0.4, -0.2) is 60.5 Å². The molecule has 2 aliphatic heterocycles. The van der Waals surface area contributed by atoms with Gasteiger partial charge < -0.3 is 4.74 Å². The van der Waals surface area contributed by atoms with Crippen molar-refractivity contribution >= 4 is 11.3 Å². The van der Waals surface area contributed by atoms with Crippen molar-refractivity contribution in [3.8, 4) is 0 Å². The molecule has 2 fully saturated rings. The molecule has 4 nitrogen and oxygen atoms in total. The van der Waals surface area contributed by atoms with Gasteiger partial charge in [-0.1, -0.05) is 0 Å². The summed E-state index contributed by atoms with van der Waals surface area (Å²) in [5.41, 5.74) is 0. The summed E-state index contributed by atoms with van der Waals surface area (Å²) < 4.78 is 30.6. The van der Waals surface area contributed by atoms with Crippen LogP contribution >= 0.6 is 11.3 Å². The van der Waals surface area contributed by atoms with E-state index in [0.29, 0.717) is 0 Å². The lowest BCUT2D eigenvalue weighted by atomic mass is 10.2. The molecule has 124 valence electrons. The largest absolute Gasteiger partial charge is 0.371 e. The van der Waals surface area contributed by atoms with E-state index in [9.17, 15) is 8.78 Å². The minimum atomic E-state index is -2.23. The summed E-state index contributed by atoms with van der Waals surface area (Å²) in [6.07, 6.45) is 3.03. The van der Waals surface area contributed by atoms with Crippen molar-refractivity contribution in [2.75, 3.05) is 39.3 Å². The van der Waals surface area contributed by atoms with Crippen LogP contribution in [-0.2, 0) is 11.3 Å². The Kier molecular flexibility index (Phi) is 5.73. The molecule has 2 saturated heterocycles. The van der Waals surface area contributed by atoms with Gasteiger partial charge in [0.15, 0.2) is 0 Å². The minimum Gasteiger partial charge on any atom is -0.371 e. The number of hydrogen-bond acceptors (Lipinski definition) is 5. The van der Waals surface area contributed by atoms with Gasteiger partial charge in [0, 0.05) is 37.3 Å². The van der Waals surface area contributed by atoms with E-state index in [1.807, 2.05) is 11.1 Å². The van der Waals surface area contributed by atoms with Gasteiger partial charge in [0.05, 0.1) is 6.54 Å². The van der Waals surface area contributed by atoms with E-state index >= 15 is 0 Å². The van der Waals surface area contributed by atoms with Crippen LogP contribution < -0.4 is 0 Å². The highest BCUT2D eigenvalue weighted by atomic mass is 32.1. The fraction of sp³-hybridized carbons (Fsp3) is 0.800. The minimum absolute atomic E-state index is 0.0996. The van der Waals surface area contributed by atoms with Gasteiger partial charge in [0.1, 0.15) is 11.1 Å². The van der Waals surface area contributed by atoms with Gasteiger partial charge in [0.25, 0.3) is 6.43 Å². The van der Waals surface area contributed by atoms with Gasteiger partial charge in [-0.25, -0.2) is 13.8 Å². The van der Waals surface area contributed by atoms with Gasteiger partial charge in [-0.3, -0.25) is 9.80 Å². The van der Waals surface area contributed by atoms with Crippen LogP contribution in [0.25, 0.3) is 0 Å². The number of nitrogens with zero attached hydrogens (tertiary/aromatic N) is 3. The van der Waals surface area contributed by atoms with E-state index in [1.165, 1.54) is 4.88 Å². The third kappa shape index (κ3) is 4.44. The third-order valence-electron chi connectivity index (χ3n) is 4.23. The summed E-state index contributed by atoms with van der Waals surface area (Å²) in [7, 11) is 0. The summed E-state index contributed by atoms with van der Waals surface area (Å²) in [5.74, 6) is 0. The van der Waals surface area contributed by atoms with Crippen molar-refractivity contribution in [3.05, 3.63) is 16.1 Å². The molecular weight excluding hydrogens is 308 g/mol. The number of ether oxygens (including phenoxy) is 1. The topological polar surface area (TPSA) is 28.6 Å². The van der Waals surface area contributed by atoms with Crippen molar-refractivity contribution in [3.63, 3.8) is 0 Å². The zero-order chi connectivity index (χ0) is 15.4. The zero-order valence-electron chi connectivity index (χ0n) is 12.7. The Labute approximate surface area is 134 Å². The highest BCUT2D eigenvalue weighted by molar-refractivity contribution is 7.11. The lowest BCUT2D eigenvalue weighted by Crippen LogP contribution is -2.33. The summed E-state index contributed by atoms with van der Waals surface area (Å²) in [5, 5.41) is 1.08. The molecule has 1 unspecified atom stereocenters. The quantitative estimate of drug-likeness (QED) is 0.829. The average Bonchev–Trinajstić information content (AvgIpc) is 3.10. The molecule has 0 N–H and O–H groups in total. The number of hydrogen-bond donors (Lipinski definition) is 0. The lowest BCUT2D eigenvalue weighted by molar-refractivity contribution is 0.0897. The van der Waals surface area contributed by atoms with Crippen molar-refractivity contribution in [1.29, 1.82) is 0 Å². The molecule has 3 heterocycles. The number of halogens is 2. The van der Waals surface area contributed by atoms with E-state index in [1.54, 1.807) is 11.3 Å². The predicted molar refractivity (Wildman–Crippen MR) is 82.4 cm³/mol. The van der Waals surface area contributed by atoms with Crippen LogP contribution in [0, 0.1) is 0 Å². The van der Waals surface area contributed by atoms with Crippen LogP contribution in [0.4, 0.5) is 8.78 Å². The van der Waals surface area contributed by atoms with Crippen molar-refractivity contribution in [2.24, 2.45) is 0 Å². The van der Waals surface area contributed by atoms with E-state index in [0.717, 1.165) is 63.6 Å². The molecule has 1 aromatic rings. The maximum atomic E-state index is 12.5. The summed E-state index contributed by atoms with van der Waals surface area (Å²) in [6, 6.07) is 0.